The summed E-state index contributed by atoms with van der Waals surface area (Å²) in [5, 5.41) is 4.54. The molecule has 1 aromatic heterocycles. The standard InChI is InChI=1S/C17H28N4O2/c1-12-16(13(2)19(4)18-12)15-6-5-7-21(15)17(22)14(3)20-8-10-23-11-9-20/h14-15H,5-11H2,1-4H3/t14-,15+/m0/s1. The first-order chi connectivity index (χ1) is 11.0. The van der Waals surface area contributed by atoms with E-state index in [4.69, 9.17) is 4.74 Å². The van der Waals surface area contributed by atoms with Crippen LogP contribution < -0.4 is 0 Å². The molecule has 2 atom stereocenters. The number of nitrogens with zero attached hydrogens (tertiary/aromatic N) is 4. The Morgan fingerprint density at radius 2 is 1.96 bits per heavy atom. The molecule has 6 nitrogen and oxygen atoms in total. The fourth-order valence-electron chi connectivity index (χ4n) is 3.96. The molecule has 0 spiro atoms. The maximum absolute atomic E-state index is 13.1. The number of rotatable bonds is 3. The number of aryl methyl sites for hydroxylation is 2. The van der Waals surface area contributed by atoms with Gasteiger partial charge in [0.1, 0.15) is 0 Å². The van der Waals surface area contributed by atoms with Crippen LogP contribution in [0, 0.1) is 13.8 Å². The third kappa shape index (κ3) is 3.02. The Hall–Kier alpha value is -1.40. The zero-order valence-electron chi connectivity index (χ0n) is 14.7. The molecule has 128 valence electrons. The van der Waals surface area contributed by atoms with E-state index >= 15 is 0 Å². The van der Waals surface area contributed by atoms with Crippen molar-refractivity contribution in [3.05, 3.63) is 17.0 Å². The predicted octanol–water partition coefficient (Wildman–Crippen LogP) is 1.42. The average molecular weight is 320 g/mol. The summed E-state index contributed by atoms with van der Waals surface area (Å²) in [4.78, 5) is 17.4. The predicted molar refractivity (Wildman–Crippen MR) is 88.2 cm³/mol. The molecule has 3 heterocycles. The summed E-state index contributed by atoms with van der Waals surface area (Å²) in [6, 6.07) is 0.108. The second-order valence-corrected chi connectivity index (χ2v) is 6.72. The average Bonchev–Trinajstić information content (AvgIpc) is 3.12. The van der Waals surface area contributed by atoms with Gasteiger partial charge in [-0.15, -0.1) is 0 Å². The highest BCUT2D eigenvalue weighted by atomic mass is 16.5. The fraction of sp³-hybridized carbons (Fsp3) is 0.765. The maximum atomic E-state index is 13.1. The largest absolute Gasteiger partial charge is 0.379 e. The number of hydrogen-bond donors (Lipinski definition) is 0. The molecule has 1 amide bonds. The van der Waals surface area contributed by atoms with E-state index in [-0.39, 0.29) is 18.0 Å². The number of morpholine rings is 1. The minimum absolute atomic E-state index is 0.0724. The van der Waals surface area contributed by atoms with Gasteiger partial charge in [0.2, 0.25) is 5.91 Å². The Morgan fingerprint density at radius 3 is 2.57 bits per heavy atom. The molecule has 6 heteroatoms. The number of hydrogen-bond acceptors (Lipinski definition) is 4. The smallest absolute Gasteiger partial charge is 0.240 e. The van der Waals surface area contributed by atoms with Gasteiger partial charge in [0.05, 0.1) is 31.0 Å². The van der Waals surface area contributed by atoms with Gasteiger partial charge in [0.25, 0.3) is 0 Å². The quantitative estimate of drug-likeness (QED) is 0.845. The van der Waals surface area contributed by atoms with Crippen LogP contribution in [0.1, 0.15) is 42.8 Å². The molecule has 23 heavy (non-hydrogen) atoms. The monoisotopic (exact) mass is 320 g/mol. The molecule has 0 bridgehead atoms. The molecule has 2 aliphatic rings. The van der Waals surface area contributed by atoms with Crippen molar-refractivity contribution in [1.82, 2.24) is 19.6 Å². The molecule has 0 saturated carbocycles. The molecule has 0 N–H and O–H groups in total. The maximum Gasteiger partial charge on any atom is 0.240 e. The van der Waals surface area contributed by atoms with Crippen LogP contribution in [0.15, 0.2) is 0 Å². The van der Waals surface area contributed by atoms with Crippen molar-refractivity contribution in [2.75, 3.05) is 32.8 Å². The van der Waals surface area contributed by atoms with E-state index in [2.05, 4.69) is 28.7 Å². The molecule has 0 aromatic carbocycles. The molecule has 1 aromatic rings. The van der Waals surface area contributed by atoms with Gasteiger partial charge >= 0.3 is 0 Å². The minimum Gasteiger partial charge on any atom is -0.379 e. The Labute approximate surface area is 138 Å². The van der Waals surface area contributed by atoms with Gasteiger partial charge in [-0.3, -0.25) is 14.4 Å². The summed E-state index contributed by atoms with van der Waals surface area (Å²) in [5.41, 5.74) is 3.47. The summed E-state index contributed by atoms with van der Waals surface area (Å²) in [6.07, 6.45) is 2.11. The number of amides is 1. The van der Waals surface area contributed by atoms with Gasteiger partial charge in [-0.05, 0) is 33.6 Å². The lowest BCUT2D eigenvalue weighted by Crippen LogP contribution is -2.50. The summed E-state index contributed by atoms with van der Waals surface area (Å²) in [6.45, 7) is 10.2. The van der Waals surface area contributed by atoms with Crippen molar-refractivity contribution >= 4 is 5.91 Å². The number of carbonyl (C=O) groups excluding carboxylic acids is 1. The second kappa shape index (κ2) is 6.61. The van der Waals surface area contributed by atoms with E-state index < -0.39 is 0 Å². The Balaban J connectivity index is 1.79. The van der Waals surface area contributed by atoms with Crippen molar-refractivity contribution in [3.63, 3.8) is 0 Å². The summed E-state index contributed by atoms with van der Waals surface area (Å²) in [5.74, 6) is 0.247. The van der Waals surface area contributed by atoms with Gasteiger partial charge in [-0.1, -0.05) is 0 Å². The first-order valence-corrected chi connectivity index (χ1v) is 8.63. The third-order valence-corrected chi connectivity index (χ3v) is 5.38. The van der Waals surface area contributed by atoms with E-state index in [1.807, 2.05) is 18.7 Å². The normalized spacial score (nSPS) is 24.2. The van der Waals surface area contributed by atoms with Gasteiger partial charge in [0, 0.05) is 37.9 Å². The zero-order chi connectivity index (χ0) is 16.6. The highest BCUT2D eigenvalue weighted by molar-refractivity contribution is 5.82. The van der Waals surface area contributed by atoms with Crippen LogP contribution in [-0.2, 0) is 16.6 Å². The SMILES string of the molecule is Cc1nn(C)c(C)c1[C@H]1CCCN1C(=O)[C@H](C)N1CCOCC1. The van der Waals surface area contributed by atoms with Crippen LogP contribution in [0.5, 0.6) is 0 Å². The van der Waals surface area contributed by atoms with Gasteiger partial charge in [-0.2, -0.15) is 5.10 Å². The van der Waals surface area contributed by atoms with E-state index in [1.165, 1.54) is 11.3 Å². The first-order valence-electron chi connectivity index (χ1n) is 8.63. The van der Waals surface area contributed by atoms with E-state index in [9.17, 15) is 4.79 Å². The molecule has 2 fully saturated rings. The lowest BCUT2D eigenvalue weighted by molar-refractivity contribution is -0.139. The lowest BCUT2D eigenvalue weighted by Gasteiger charge is -2.35. The Bertz CT molecular complexity index is 577. The molecule has 0 radical (unpaired) electrons. The van der Waals surface area contributed by atoms with Crippen molar-refractivity contribution in [2.24, 2.45) is 7.05 Å². The van der Waals surface area contributed by atoms with Crippen molar-refractivity contribution in [2.45, 2.75) is 45.7 Å². The van der Waals surface area contributed by atoms with Crippen LogP contribution in [0.25, 0.3) is 0 Å². The van der Waals surface area contributed by atoms with Gasteiger partial charge in [0.15, 0.2) is 0 Å². The topological polar surface area (TPSA) is 50.6 Å². The summed E-state index contributed by atoms with van der Waals surface area (Å²) < 4.78 is 7.33. The molecular formula is C17H28N4O2. The Kier molecular flexibility index (Phi) is 4.73. The first kappa shape index (κ1) is 16.5. The minimum atomic E-state index is -0.0724. The van der Waals surface area contributed by atoms with Gasteiger partial charge < -0.3 is 9.64 Å². The van der Waals surface area contributed by atoms with E-state index in [0.29, 0.717) is 0 Å². The second-order valence-electron chi connectivity index (χ2n) is 6.72. The fourth-order valence-corrected chi connectivity index (χ4v) is 3.96. The summed E-state index contributed by atoms with van der Waals surface area (Å²) >= 11 is 0. The van der Waals surface area contributed by atoms with Crippen molar-refractivity contribution < 1.29 is 9.53 Å². The molecule has 2 aliphatic heterocycles. The lowest BCUT2D eigenvalue weighted by atomic mass is 10.0. The van der Waals surface area contributed by atoms with Crippen molar-refractivity contribution in [1.29, 1.82) is 0 Å². The summed E-state index contributed by atoms with van der Waals surface area (Å²) in [7, 11) is 1.98. The molecular weight excluding hydrogens is 292 g/mol. The van der Waals surface area contributed by atoms with Crippen molar-refractivity contribution in [3.8, 4) is 0 Å². The van der Waals surface area contributed by atoms with Crippen LogP contribution in [-0.4, -0.2) is 64.4 Å². The van der Waals surface area contributed by atoms with Crippen LogP contribution in [0.3, 0.4) is 0 Å². The van der Waals surface area contributed by atoms with E-state index in [0.717, 1.165) is 51.4 Å². The number of aromatic nitrogens is 2. The molecule has 3 rings (SSSR count). The number of ether oxygens (including phenoxy) is 1. The molecule has 0 unspecified atom stereocenters. The highest BCUT2D eigenvalue weighted by Gasteiger charge is 2.37. The highest BCUT2D eigenvalue weighted by Crippen LogP contribution is 2.36. The molecule has 0 aliphatic carbocycles. The van der Waals surface area contributed by atoms with Gasteiger partial charge in [-0.25, -0.2) is 0 Å². The molecule has 2 saturated heterocycles. The third-order valence-electron chi connectivity index (χ3n) is 5.38. The number of likely N-dealkylation sites (tertiary alicyclic amines) is 1. The van der Waals surface area contributed by atoms with Crippen LogP contribution in [0.2, 0.25) is 0 Å². The van der Waals surface area contributed by atoms with Crippen LogP contribution >= 0.6 is 0 Å². The Morgan fingerprint density at radius 1 is 1.26 bits per heavy atom. The van der Waals surface area contributed by atoms with E-state index in [1.54, 1.807) is 0 Å². The van der Waals surface area contributed by atoms with Crippen LogP contribution in [0.4, 0.5) is 0 Å². The zero-order valence-corrected chi connectivity index (χ0v) is 14.7. The number of carbonyl (C=O) groups is 1.